The molecule has 0 fully saturated rings. The zero-order chi connectivity index (χ0) is 22.5. The summed E-state index contributed by atoms with van der Waals surface area (Å²) in [5, 5.41) is 3.65. The molecule has 31 heavy (non-hydrogen) atoms. The van der Waals surface area contributed by atoms with Crippen molar-refractivity contribution in [2.24, 2.45) is 5.10 Å². The van der Waals surface area contributed by atoms with Gasteiger partial charge in [0.2, 0.25) is 0 Å². The molecule has 1 N–H and O–H groups in total. The minimum Gasteiger partial charge on any atom is -0.463 e. The Kier molecular flexibility index (Phi) is 6.44. The second-order valence-corrected chi connectivity index (χ2v) is 8.04. The van der Waals surface area contributed by atoms with E-state index in [9.17, 15) is 26.4 Å². The van der Waals surface area contributed by atoms with Gasteiger partial charge in [-0.3, -0.25) is 9.10 Å². The van der Waals surface area contributed by atoms with Crippen LogP contribution in [0.1, 0.15) is 11.3 Å². The average molecular weight is 451 g/mol. The highest BCUT2D eigenvalue weighted by molar-refractivity contribution is 7.92. The third kappa shape index (κ3) is 5.51. The van der Waals surface area contributed by atoms with Crippen LogP contribution in [0.25, 0.3) is 0 Å². The summed E-state index contributed by atoms with van der Waals surface area (Å²) in [6.07, 6.45) is -2.10. The second kappa shape index (κ2) is 9.04. The van der Waals surface area contributed by atoms with Crippen LogP contribution in [0.3, 0.4) is 0 Å². The molecule has 2 aromatic carbocycles. The van der Waals surface area contributed by atoms with Gasteiger partial charge in [0.25, 0.3) is 15.9 Å². The van der Waals surface area contributed by atoms with Crippen molar-refractivity contribution in [2.75, 3.05) is 10.8 Å². The number of hydrogen-bond acceptors (Lipinski definition) is 5. The molecule has 7 nitrogen and oxygen atoms in total. The lowest BCUT2D eigenvalue weighted by Gasteiger charge is -2.24. The van der Waals surface area contributed by atoms with E-state index in [1.165, 1.54) is 42.8 Å². The first kappa shape index (κ1) is 22.1. The lowest BCUT2D eigenvalue weighted by molar-refractivity contribution is -0.137. The largest absolute Gasteiger partial charge is 0.463 e. The Morgan fingerprint density at radius 3 is 2.45 bits per heavy atom. The Labute approximate surface area is 175 Å². The quantitative estimate of drug-likeness (QED) is 0.439. The number of alkyl halides is 3. The summed E-state index contributed by atoms with van der Waals surface area (Å²) >= 11 is 0. The highest BCUT2D eigenvalue weighted by atomic mass is 32.2. The molecule has 0 saturated heterocycles. The van der Waals surface area contributed by atoms with Crippen molar-refractivity contribution >= 4 is 27.8 Å². The van der Waals surface area contributed by atoms with E-state index in [4.69, 9.17) is 4.42 Å². The van der Waals surface area contributed by atoms with E-state index in [0.717, 1.165) is 12.1 Å². The van der Waals surface area contributed by atoms with Gasteiger partial charge in [0, 0.05) is 0 Å². The Balaban J connectivity index is 1.92. The molecule has 0 bridgehead atoms. The summed E-state index contributed by atoms with van der Waals surface area (Å²) in [7, 11) is -4.34. The van der Waals surface area contributed by atoms with E-state index in [-0.39, 0.29) is 10.6 Å². The van der Waals surface area contributed by atoms with Crippen molar-refractivity contribution in [2.45, 2.75) is 11.1 Å². The van der Waals surface area contributed by atoms with Crippen LogP contribution in [0.4, 0.5) is 18.9 Å². The van der Waals surface area contributed by atoms with Gasteiger partial charge in [-0.15, -0.1) is 0 Å². The van der Waals surface area contributed by atoms with Crippen molar-refractivity contribution in [1.82, 2.24) is 5.43 Å². The molecule has 0 radical (unpaired) electrons. The van der Waals surface area contributed by atoms with E-state index in [1.807, 2.05) is 0 Å². The number of sulfonamides is 1. The van der Waals surface area contributed by atoms with Gasteiger partial charge in [-0.2, -0.15) is 18.3 Å². The zero-order valence-corrected chi connectivity index (χ0v) is 16.6. The Bertz CT molecular complexity index is 1160. The molecule has 162 valence electrons. The number of benzene rings is 2. The van der Waals surface area contributed by atoms with E-state index in [1.54, 1.807) is 18.2 Å². The van der Waals surface area contributed by atoms with Crippen molar-refractivity contribution < 1.29 is 30.8 Å². The summed E-state index contributed by atoms with van der Waals surface area (Å²) in [5.41, 5.74) is 0.769. The van der Waals surface area contributed by atoms with Crippen LogP contribution in [0.5, 0.6) is 0 Å². The molecule has 0 saturated carbocycles. The number of rotatable bonds is 7. The third-order valence-corrected chi connectivity index (χ3v) is 5.79. The predicted molar refractivity (Wildman–Crippen MR) is 107 cm³/mol. The number of anilines is 1. The normalized spacial score (nSPS) is 12.1. The van der Waals surface area contributed by atoms with Crippen LogP contribution in [-0.4, -0.2) is 27.1 Å². The van der Waals surface area contributed by atoms with Gasteiger partial charge in [-0.1, -0.05) is 24.3 Å². The second-order valence-electron chi connectivity index (χ2n) is 6.18. The smallest absolute Gasteiger partial charge is 0.416 e. The molecule has 0 aliphatic rings. The van der Waals surface area contributed by atoms with Gasteiger partial charge in [-0.05, 0) is 42.5 Å². The molecule has 0 unspecified atom stereocenters. The molecule has 0 atom stereocenters. The van der Waals surface area contributed by atoms with Crippen LogP contribution >= 0.6 is 0 Å². The minimum absolute atomic E-state index is 0.181. The minimum atomic E-state index is -4.69. The molecule has 1 aromatic heterocycles. The molecule has 3 rings (SSSR count). The maximum absolute atomic E-state index is 13.1. The van der Waals surface area contributed by atoms with Gasteiger partial charge < -0.3 is 4.42 Å². The zero-order valence-electron chi connectivity index (χ0n) is 15.8. The predicted octanol–water partition coefficient (Wildman–Crippen LogP) is 3.64. The van der Waals surface area contributed by atoms with E-state index in [0.29, 0.717) is 16.1 Å². The highest BCUT2D eigenvalue weighted by Crippen LogP contribution is 2.33. The molecule has 1 heterocycles. The standard InChI is InChI=1S/C20H16F3N3O4S/c21-20(22,23)15-6-4-7-16(12-15)26(31(28,29)18-9-2-1-3-10-18)14-19(27)25-24-13-17-8-5-11-30-17/h1-13H,14H2,(H,25,27)/b24-13+. The monoisotopic (exact) mass is 451 g/mol. The van der Waals surface area contributed by atoms with Crippen LogP contribution in [0, 0.1) is 0 Å². The number of hydrazone groups is 1. The molecule has 0 aliphatic heterocycles. The van der Waals surface area contributed by atoms with E-state index >= 15 is 0 Å². The third-order valence-electron chi connectivity index (χ3n) is 4.00. The first-order chi connectivity index (χ1) is 14.7. The summed E-state index contributed by atoms with van der Waals surface area (Å²) < 4.78 is 71.2. The van der Waals surface area contributed by atoms with Crippen molar-refractivity contribution in [3.05, 3.63) is 84.3 Å². The number of amides is 1. The van der Waals surface area contributed by atoms with Gasteiger partial charge in [0.15, 0.2) is 0 Å². The highest BCUT2D eigenvalue weighted by Gasteiger charge is 2.33. The van der Waals surface area contributed by atoms with Gasteiger partial charge in [0.05, 0.1) is 28.6 Å². The van der Waals surface area contributed by atoms with Crippen molar-refractivity contribution in [3.8, 4) is 0 Å². The Morgan fingerprint density at radius 1 is 1.06 bits per heavy atom. The SMILES string of the molecule is O=C(CN(c1cccc(C(F)(F)F)c1)S(=O)(=O)c1ccccc1)N/N=C/c1ccco1. The van der Waals surface area contributed by atoms with Gasteiger partial charge >= 0.3 is 6.18 Å². The maximum Gasteiger partial charge on any atom is 0.416 e. The molecule has 3 aromatic rings. The first-order valence-corrected chi connectivity index (χ1v) is 10.2. The summed E-state index contributed by atoms with van der Waals surface area (Å²) in [5.74, 6) is -0.522. The summed E-state index contributed by atoms with van der Waals surface area (Å²) in [6, 6.07) is 14.0. The van der Waals surface area contributed by atoms with Crippen LogP contribution in [0.2, 0.25) is 0 Å². The Morgan fingerprint density at radius 2 is 1.81 bits per heavy atom. The van der Waals surface area contributed by atoms with Crippen LogP contribution in [-0.2, 0) is 21.0 Å². The molecule has 0 spiro atoms. The topological polar surface area (TPSA) is 92.0 Å². The average Bonchev–Trinajstić information content (AvgIpc) is 3.25. The van der Waals surface area contributed by atoms with Crippen molar-refractivity contribution in [1.29, 1.82) is 0 Å². The fourth-order valence-corrected chi connectivity index (χ4v) is 4.00. The summed E-state index contributed by atoms with van der Waals surface area (Å²) in [6.45, 7) is -0.798. The number of nitrogens with one attached hydrogen (secondary N) is 1. The van der Waals surface area contributed by atoms with Crippen molar-refractivity contribution in [3.63, 3.8) is 0 Å². The number of carbonyl (C=O) groups excluding carboxylic acids is 1. The lowest BCUT2D eigenvalue weighted by atomic mass is 10.2. The first-order valence-electron chi connectivity index (χ1n) is 8.78. The lowest BCUT2D eigenvalue weighted by Crippen LogP contribution is -2.39. The molecule has 11 heteroatoms. The van der Waals surface area contributed by atoms with E-state index < -0.39 is 34.2 Å². The molecular weight excluding hydrogens is 435 g/mol. The summed E-state index contributed by atoms with van der Waals surface area (Å²) in [4.78, 5) is 12.2. The fraction of sp³-hybridized carbons (Fsp3) is 0.100. The maximum atomic E-state index is 13.1. The number of hydrogen-bond donors (Lipinski definition) is 1. The molecule has 0 aliphatic carbocycles. The Hall–Kier alpha value is -3.60. The molecule has 1 amide bonds. The number of carbonyl (C=O) groups is 1. The fourth-order valence-electron chi connectivity index (χ4n) is 2.57. The molecular formula is C20H16F3N3O4S. The van der Waals surface area contributed by atoms with Crippen LogP contribution in [0.15, 0.2) is 87.4 Å². The van der Waals surface area contributed by atoms with Gasteiger partial charge in [0.1, 0.15) is 12.3 Å². The van der Waals surface area contributed by atoms with E-state index in [2.05, 4.69) is 10.5 Å². The van der Waals surface area contributed by atoms with Gasteiger partial charge in [-0.25, -0.2) is 13.8 Å². The number of furan rings is 1. The van der Waals surface area contributed by atoms with Crippen LogP contribution < -0.4 is 9.73 Å². The number of halogens is 3. The number of nitrogens with zero attached hydrogens (tertiary/aromatic N) is 2.